The fourth-order valence-electron chi connectivity index (χ4n) is 5.50. The van der Waals surface area contributed by atoms with Crippen LogP contribution in [0.5, 0.6) is 5.75 Å². The summed E-state index contributed by atoms with van der Waals surface area (Å²) in [6.45, 7) is 4.53. The van der Waals surface area contributed by atoms with Crippen molar-refractivity contribution >= 4 is 0 Å². The fraction of sp³-hybridized carbons (Fsp3) is 0.625. The monoisotopic (exact) mass is 410 g/mol. The van der Waals surface area contributed by atoms with Gasteiger partial charge in [-0.3, -0.25) is 14.0 Å². The molecule has 3 aliphatic rings. The zero-order valence-corrected chi connectivity index (χ0v) is 17.8. The summed E-state index contributed by atoms with van der Waals surface area (Å²) in [5.74, 6) is 0.907. The van der Waals surface area contributed by atoms with Crippen molar-refractivity contribution in [2.75, 3.05) is 26.2 Å². The van der Waals surface area contributed by atoms with Crippen LogP contribution in [0.4, 0.5) is 0 Å². The highest BCUT2D eigenvalue weighted by molar-refractivity contribution is 5.37. The number of rotatable bonds is 5. The van der Waals surface area contributed by atoms with E-state index in [-0.39, 0.29) is 5.69 Å². The second-order valence-corrected chi connectivity index (χ2v) is 9.12. The van der Waals surface area contributed by atoms with Crippen LogP contribution in [-0.2, 0) is 0 Å². The smallest absolute Gasteiger partial charge is 0.332 e. The molecule has 5 rings (SSSR count). The van der Waals surface area contributed by atoms with Gasteiger partial charge in [-0.25, -0.2) is 4.79 Å². The van der Waals surface area contributed by atoms with Gasteiger partial charge in [0.05, 0.1) is 11.8 Å². The first-order chi connectivity index (χ1) is 14.8. The number of piperazine rings is 1. The number of nitrogens with one attached hydrogen (secondary N) is 1. The first-order valence-corrected chi connectivity index (χ1v) is 11.8. The Balaban J connectivity index is 1.22. The van der Waals surface area contributed by atoms with Gasteiger partial charge in [0.25, 0.3) is 0 Å². The third-order valence-electron chi connectivity index (χ3n) is 7.25. The van der Waals surface area contributed by atoms with Crippen molar-refractivity contribution in [1.29, 1.82) is 0 Å². The van der Waals surface area contributed by atoms with E-state index in [0.717, 1.165) is 63.3 Å². The van der Waals surface area contributed by atoms with Gasteiger partial charge in [0.15, 0.2) is 0 Å². The quantitative estimate of drug-likeness (QED) is 0.821. The van der Waals surface area contributed by atoms with Crippen molar-refractivity contribution in [2.24, 2.45) is 0 Å². The fourth-order valence-corrected chi connectivity index (χ4v) is 5.50. The Morgan fingerprint density at radius 1 is 0.833 bits per heavy atom. The minimum Gasteiger partial charge on any atom is -0.490 e. The number of hydrogen-bond acceptors (Lipinski definition) is 4. The van der Waals surface area contributed by atoms with E-state index in [1.165, 1.54) is 25.7 Å². The number of hydrogen-bond donors (Lipinski definition) is 1. The van der Waals surface area contributed by atoms with E-state index in [4.69, 9.17) is 4.74 Å². The summed E-state index contributed by atoms with van der Waals surface area (Å²) in [5, 5.41) is 3.44. The van der Waals surface area contributed by atoms with Gasteiger partial charge in [0.1, 0.15) is 5.75 Å². The minimum atomic E-state index is 0.0742. The molecule has 1 aromatic carbocycles. The topological polar surface area (TPSA) is 51.4 Å². The number of nitrogens with zero attached hydrogens (tertiary/aromatic N) is 3. The van der Waals surface area contributed by atoms with Gasteiger partial charge in [-0.15, -0.1) is 0 Å². The second-order valence-electron chi connectivity index (χ2n) is 9.12. The van der Waals surface area contributed by atoms with Crippen molar-refractivity contribution in [2.45, 2.75) is 69.6 Å². The highest BCUT2D eigenvalue weighted by Gasteiger charge is 2.28. The lowest BCUT2D eigenvalue weighted by Crippen LogP contribution is -2.49. The van der Waals surface area contributed by atoms with E-state index in [1.54, 1.807) is 4.57 Å². The first-order valence-electron chi connectivity index (χ1n) is 11.8. The summed E-state index contributed by atoms with van der Waals surface area (Å²) < 4.78 is 9.78. The largest absolute Gasteiger partial charge is 0.490 e. The van der Waals surface area contributed by atoms with Crippen molar-refractivity contribution in [3.05, 3.63) is 47.1 Å². The zero-order valence-electron chi connectivity index (χ0n) is 17.8. The van der Waals surface area contributed by atoms with Crippen molar-refractivity contribution in [1.82, 2.24) is 19.4 Å². The Morgan fingerprint density at radius 3 is 2.20 bits per heavy atom. The van der Waals surface area contributed by atoms with E-state index in [0.29, 0.717) is 18.2 Å². The average molecular weight is 411 g/mol. The molecular formula is C24H34N4O2. The summed E-state index contributed by atoms with van der Waals surface area (Å²) >= 11 is 0. The first kappa shape index (κ1) is 19.9. The number of ether oxygens (including phenoxy) is 1. The summed E-state index contributed by atoms with van der Waals surface area (Å²) in [5.41, 5.74) is 0.983. The Morgan fingerprint density at radius 2 is 1.50 bits per heavy atom. The van der Waals surface area contributed by atoms with Crippen LogP contribution in [0.2, 0.25) is 0 Å². The van der Waals surface area contributed by atoms with Crippen LogP contribution in [0.25, 0.3) is 5.69 Å². The molecule has 2 heterocycles. The van der Waals surface area contributed by atoms with Crippen LogP contribution in [0.3, 0.4) is 0 Å². The minimum absolute atomic E-state index is 0.0742. The van der Waals surface area contributed by atoms with Crippen LogP contribution in [0, 0.1) is 0 Å². The van der Waals surface area contributed by atoms with Crippen LogP contribution in [0.15, 0.2) is 41.5 Å². The molecule has 1 N–H and O–H groups in total. The van der Waals surface area contributed by atoms with E-state index in [2.05, 4.69) is 10.2 Å². The molecule has 0 bridgehead atoms. The molecule has 6 nitrogen and oxygen atoms in total. The molecule has 0 spiro atoms. The van der Waals surface area contributed by atoms with Gasteiger partial charge in [-0.2, -0.15) is 0 Å². The molecule has 2 saturated carbocycles. The van der Waals surface area contributed by atoms with Gasteiger partial charge in [0, 0.05) is 50.7 Å². The molecule has 0 unspecified atom stereocenters. The summed E-state index contributed by atoms with van der Waals surface area (Å²) in [6.07, 6.45) is 13.6. The highest BCUT2D eigenvalue weighted by atomic mass is 16.5. The molecular weight excluding hydrogens is 376 g/mol. The molecule has 3 fully saturated rings. The van der Waals surface area contributed by atoms with Crippen LogP contribution in [0.1, 0.15) is 57.4 Å². The maximum absolute atomic E-state index is 13.1. The van der Waals surface area contributed by atoms with E-state index in [1.807, 2.05) is 41.2 Å². The van der Waals surface area contributed by atoms with Gasteiger partial charge in [0.2, 0.25) is 0 Å². The maximum atomic E-state index is 13.1. The lowest BCUT2D eigenvalue weighted by atomic mass is 9.89. The SMILES string of the molecule is O=c1n(-c2ccc(OC3CCCC3)cc2)ccn1C1CCC(N2CCNCC2)CC1. The van der Waals surface area contributed by atoms with E-state index >= 15 is 0 Å². The Bertz CT molecular complexity index is 867. The Kier molecular flexibility index (Phi) is 5.95. The highest BCUT2D eigenvalue weighted by Crippen LogP contribution is 2.31. The third kappa shape index (κ3) is 4.21. The summed E-state index contributed by atoms with van der Waals surface area (Å²) in [6, 6.07) is 9.00. The normalized spacial score (nSPS) is 26.1. The van der Waals surface area contributed by atoms with E-state index < -0.39 is 0 Å². The second kappa shape index (κ2) is 8.98. The van der Waals surface area contributed by atoms with Crippen LogP contribution >= 0.6 is 0 Å². The zero-order chi connectivity index (χ0) is 20.3. The predicted octanol–water partition coefficient (Wildman–Crippen LogP) is 3.35. The Labute approximate surface area is 178 Å². The Hall–Kier alpha value is -2.05. The lowest BCUT2D eigenvalue weighted by Gasteiger charge is -2.39. The van der Waals surface area contributed by atoms with Gasteiger partial charge >= 0.3 is 5.69 Å². The van der Waals surface area contributed by atoms with Gasteiger partial charge < -0.3 is 10.1 Å². The molecule has 1 aromatic heterocycles. The average Bonchev–Trinajstić information content (AvgIpc) is 3.45. The molecule has 162 valence electrons. The van der Waals surface area contributed by atoms with Gasteiger partial charge in [-0.1, -0.05) is 0 Å². The molecule has 30 heavy (non-hydrogen) atoms. The molecule has 0 radical (unpaired) electrons. The summed E-state index contributed by atoms with van der Waals surface area (Å²) in [4.78, 5) is 15.7. The van der Waals surface area contributed by atoms with Crippen molar-refractivity contribution in [3.63, 3.8) is 0 Å². The molecule has 1 saturated heterocycles. The standard InChI is InChI=1S/C24H34N4O2/c29-24-27(20-7-5-19(6-8-20)26-15-13-25-14-16-26)17-18-28(24)21-9-11-23(12-10-21)30-22-3-1-2-4-22/h9-12,17-20,22,25H,1-8,13-16H2. The number of aromatic nitrogens is 2. The van der Waals surface area contributed by atoms with Crippen LogP contribution < -0.4 is 15.7 Å². The molecule has 2 aromatic rings. The molecule has 0 atom stereocenters. The van der Waals surface area contributed by atoms with E-state index in [9.17, 15) is 4.79 Å². The van der Waals surface area contributed by atoms with Gasteiger partial charge in [-0.05, 0) is 75.6 Å². The molecule has 2 aliphatic carbocycles. The number of imidazole rings is 1. The van der Waals surface area contributed by atoms with Crippen LogP contribution in [-0.4, -0.2) is 52.4 Å². The van der Waals surface area contributed by atoms with Crippen molar-refractivity contribution < 1.29 is 4.74 Å². The lowest BCUT2D eigenvalue weighted by molar-refractivity contribution is 0.122. The van der Waals surface area contributed by atoms with Crippen molar-refractivity contribution in [3.8, 4) is 11.4 Å². The third-order valence-corrected chi connectivity index (χ3v) is 7.25. The summed E-state index contributed by atoms with van der Waals surface area (Å²) in [7, 11) is 0. The number of benzene rings is 1. The predicted molar refractivity (Wildman–Crippen MR) is 119 cm³/mol. The molecule has 1 aliphatic heterocycles. The molecule has 6 heteroatoms. The maximum Gasteiger partial charge on any atom is 0.332 e. The molecule has 0 amide bonds.